The fourth-order valence-corrected chi connectivity index (χ4v) is 2.75. The van der Waals surface area contributed by atoms with E-state index in [1.165, 1.54) is 23.7 Å². The first kappa shape index (κ1) is 14.5. The number of aromatic nitrogens is 2. The molecule has 1 heterocycles. The Bertz CT molecular complexity index is 550. The predicted octanol–water partition coefficient (Wildman–Crippen LogP) is 2.84. The van der Waals surface area contributed by atoms with Gasteiger partial charge in [0.05, 0.1) is 11.5 Å². The fraction of sp³-hybridized carbons (Fsp3) is 0.333. The Balaban J connectivity index is 2.14. The molecule has 19 heavy (non-hydrogen) atoms. The van der Waals surface area contributed by atoms with Crippen molar-refractivity contribution in [2.24, 2.45) is 0 Å². The van der Waals surface area contributed by atoms with Gasteiger partial charge in [-0.1, -0.05) is 4.49 Å². The number of benzene rings is 1. The number of halogens is 2. The first-order valence-electron chi connectivity index (χ1n) is 5.68. The lowest BCUT2D eigenvalue weighted by Gasteiger charge is -2.05. The Labute approximate surface area is 123 Å². The Morgan fingerprint density at radius 3 is 3.05 bits per heavy atom. The third-order valence-corrected chi connectivity index (χ3v) is 3.89. The van der Waals surface area contributed by atoms with Crippen molar-refractivity contribution in [3.8, 4) is 11.3 Å². The smallest absolute Gasteiger partial charge is 0.124 e. The molecule has 0 bridgehead atoms. The van der Waals surface area contributed by atoms with E-state index in [0.717, 1.165) is 22.7 Å². The summed E-state index contributed by atoms with van der Waals surface area (Å²) in [6, 6.07) is 4.55. The maximum absolute atomic E-state index is 13.1. The van der Waals surface area contributed by atoms with Crippen molar-refractivity contribution >= 4 is 27.5 Å². The molecule has 0 saturated heterocycles. The molecule has 0 radical (unpaired) electrons. The highest BCUT2D eigenvalue weighted by Gasteiger charge is 2.13. The normalized spacial score (nSPS) is 10.9. The molecule has 2 aromatic rings. The number of rotatable bonds is 6. The van der Waals surface area contributed by atoms with Gasteiger partial charge >= 0.3 is 0 Å². The molecular weight excluding hydrogens is 333 g/mol. The summed E-state index contributed by atoms with van der Waals surface area (Å²) in [5.41, 5.74) is 1.63. The Hall–Kier alpha value is -0.890. The van der Waals surface area contributed by atoms with Crippen LogP contribution in [-0.2, 0) is 11.3 Å². The van der Waals surface area contributed by atoms with E-state index < -0.39 is 0 Å². The maximum atomic E-state index is 13.1. The molecule has 0 aliphatic rings. The molecule has 7 heteroatoms. The molecule has 0 spiro atoms. The van der Waals surface area contributed by atoms with Gasteiger partial charge in [0.15, 0.2) is 0 Å². The molecule has 1 N–H and O–H groups in total. The molecule has 0 fully saturated rings. The Kier molecular flexibility index (Phi) is 5.38. The highest BCUT2D eigenvalue weighted by atomic mass is 79.9. The van der Waals surface area contributed by atoms with Crippen LogP contribution in [0.1, 0.15) is 4.88 Å². The third-order valence-electron chi connectivity index (χ3n) is 2.51. The first-order chi connectivity index (χ1) is 9.22. The monoisotopic (exact) mass is 345 g/mol. The number of ether oxygens (including phenoxy) is 1. The van der Waals surface area contributed by atoms with E-state index in [1.807, 2.05) is 0 Å². The highest BCUT2D eigenvalue weighted by molar-refractivity contribution is 9.10. The van der Waals surface area contributed by atoms with Gasteiger partial charge in [0.25, 0.3) is 0 Å². The second-order valence-corrected chi connectivity index (χ2v) is 5.53. The molecule has 1 aromatic heterocycles. The van der Waals surface area contributed by atoms with E-state index in [2.05, 4.69) is 30.8 Å². The van der Waals surface area contributed by atoms with Crippen LogP contribution in [0.5, 0.6) is 0 Å². The van der Waals surface area contributed by atoms with E-state index in [0.29, 0.717) is 17.6 Å². The topological polar surface area (TPSA) is 47.0 Å². The van der Waals surface area contributed by atoms with E-state index in [9.17, 15) is 4.39 Å². The van der Waals surface area contributed by atoms with Gasteiger partial charge in [0, 0.05) is 30.2 Å². The van der Waals surface area contributed by atoms with Crippen molar-refractivity contribution < 1.29 is 9.13 Å². The lowest BCUT2D eigenvalue weighted by molar-refractivity contribution is 0.199. The minimum atomic E-state index is -0.279. The number of hydrogen-bond donors (Lipinski definition) is 1. The van der Waals surface area contributed by atoms with Crippen molar-refractivity contribution in [1.29, 1.82) is 0 Å². The minimum Gasteiger partial charge on any atom is -0.383 e. The average Bonchev–Trinajstić information content (AvgIpc) is 2.83. The summed E-state index contributed by atoms with van der Waals surface area (Å²) in [5, 5.41) is 7.37. The quantitative estimate of drug-likeness (QED) is 0.817. The van der Waals surface area contributed by atoms with Crippen molar-refractivity contribution in [2.45, 2.75) is 6.54 Å². The van der Waals surface area contributed by atoms with E-state index in [1.54, 1.807) is 13.2 Å². The van der Waals surface area contributed by atoms with Gasteiger partial charge in [-0.15, -0.1) is 5.10 Å². The van der Waals surface area contributed by atoms with Gasteiger partial charge in [-0.3, -0.25) is 0 Å². The molecule has 0 aliphatic carbocycles. The van der Waals surface area contributed by atoms with Gasteiger partial charge in [0.1, 0.15) is 11.5 Å². The van der Waals surface area contributed by atoms with Crippen LogP contribution in [0.3, 0.4) is 0 Å². The van der Waals surface area contributed by atoms with Gasteiger partial charge in [-0.05, 0) is 45.7 Å². The summed E-state index contributed by atoms with van der Waals surface area (Å²) in [6.07, 6.45) is 0. The van der Waals surface area contributed by atoms with Crippen LogP contribution in [0.2, 0.25) is 0 Å². The standard InChI is InChI=1S/C12H13BrFN3OS/c1-18-5-4-15-7-11-12(16-17-19-11)9-3-2-8(14)6-10(9)13/h2-3,6,15H,4-5,7H2,1H3. The summed E-state index contributed by atoms with van der Waals surface area (Å²) in [5.74, 6) is -0.279. The zero-order valence-electron chi connectivity index (χ0n) is 10.3. The van der Waals surface area contributed by atoms with Crippen LogP contribution in [0.15, 0.2) is 22.7 Å². The lowest BCUT2D eigenvalue weighted by atomic mass is 10.1. The van der Waals surface area contributed by atoms with E-state index in [-0.39, 0.29) is 5.82 Å². The summed E-state index contributed by atoms with van der Waals surface area (Å²) in [6.45, 7) is 2.08. The van der Waals surface area contributed by atoms with Gasteiger partial charge in [0.2, 0.25) is 0 Å². The summed E-state index contributed by atoms with van der Waals surface area (Å²) in [4.78, 5) is 1.02. The molecule has 0 atom stereocenters. The van der Waals surface area contributed by atoms with Gasteiger partial charge in [-0.25, -0.2) is 4.39 Å². The third kappa shape index (κ3) is 3.79. The molecule has 4 nitrogen and oxygen atoms in total. The molecule has 1 aromatic carbocycles. The largest absolute Gasteiger partial charge is 0.383 e. The average molecular weight is 346 g/mol. The molecule has 2 rings (SSSR count). The van der Waals surface area contributed by atoms with Crippen LogP contribution in [0, 0.1) is 5.82 Å². The number of hydrogen-bond acceptors (Lipinski definition) is 5. The van der Waals surface area contributed by atoms with Crippen molar-refractivity contribution in [3.05, 3.63) is 33.4 Å². The lowest BCUT2D eigenvalue weighted by Crippen LogP contribution is -2.18. The minimum absolute atomic E-state index is 0.279. The van der Waals surface area contributed by atoms with Crippen LogP contribution >= 0.6 is 27.5 Å². The molecular formula is C12H13BrFN3OS. The number of nitrogens with zero attached hydrogens (tertiary/aromatic N) is 2. The first-order valence-corrected chi connectivity index (χ1v) is 7.25. The highest BCUT2D eigenvalue weighted by Crippen LogP contribution is 2.31. The molecule has 0 unspecified atom stereocenters. The molecule has 0 amide bonds. The van der Waals surface area contributed by atoms with Crippen molar-refractivity contribution in [1.82, 2.24) is 14.9 Å². The summed E-state index contributed by atoms with van der Waals surface area (Å²) in [7, 11) is 1.66. The van der Waals surface area contributed by atoms with Crippen molar-refractivity contribution in [3.63, 3.8) is 0 Å². The SMILES string of the molecule is COCCNCc1snnc1-c1ccc(F)cc1Br. The second kappa shape index (κ2) is 7.04. The van der Waals surface area contributed by atoms with Crippen molar-refractivity contribution in [2.75, 3.05) is 20.3 Å². The van der Waals surface area contributed by atoms with Crippen LogP contribution in [0.25, 0.3) is 11.3 Å². The Morgan fingerprint density at radius 1 is 1.47 bits per heavy atom. The summed E-state index contributed by atoms with van der Waals surface area (Å²) >= 11 is 4.69. The second-order valence-electron chi connectivity index (χ2n) is 3.84. The van der Waals surface area contributed by atoms with E-state index in [4.69, 9.17) is 4.74 Å². The van der Waals surface area contributed by atoms with Crippen LogP contribution in [0.4, 0.5) is 4.39 Å². The molecule has 102 valence electrons. The summed E-state index contributed by atoms with van der Waals surface area (Å²) < 4.78 is 22.7. The van der Waals surface area contributed by atoms with Gasteiger partial charge in [-0.2, -0.15) is 0 Å². The maximum Gasteiger partial charge on any atom is 0.124 e. The Morgan fingerprint density at radius 2 is 2.32 bits per heavy atom. The molecule has 0 aliphatic heterocycles. The zero-order valence-corrected chi connectivity index (χ0v) is 12.7. The fourth-order valence-electron chi connectivity index (χ4n) is 1.59. The number of nitrogens with one attached hydrogen (secondary N) is 1. The molecule has 0 saturated carbocycles. The number of methoxy groups -OCH3 is 1. The zero-order chi connectivity index (χ0) is 13.7. The predicted molar refractivity (Wildman–Crippen MR) is 76.6 cm³/mol. The van der Waals surface area contributed by atoms with E-state index >= 15 is 0 Å². The van der Waals surface area contributed by atoms with Crippen LogP contribution < -0.4 is 5.32 Å². The van der Waals surface area contributed by atoms with Crippen LogP contribution in [-0.4, -0.2) is 29.8 Å². The van der Waals surface area contributed by atoms with Gasteiger partial charge < -0.3 is 10.1 Å².